The molecule has 0 aliphatic rings. The number of imidazole rings is 1. The number of aromatic amines is 1. The van der Waals surface area contributed by atoms with E-state index in [1.54, 1.807) is 0 Å². The topological polar surface area (TPSA) is 110 Å². The molecule has 7 nitrogen and oxygen atoms in total. The highest BCUT2D eigenvalue weighted by Gasteiger charge is 2.11. The Morgan fingerprint density at radius 1 is 1.65 bits per heavy atom. The number of hydrogen-bond acceptors (Lipinski definition) is 5. The average molecular weight is 237 g/mol. The summed E-state index contributed by atoms with van der Waals surface area (Å²) in [6.07, 6.45) is 2.08. The third-order valence-electron chi connectivity index (χ3n) is 2.73. The van der Waals surface area contributed by atoms with Gasteiger partial charge in [0.15, 0.2) is 11.2 Å². The van der Waals surface area contributed by atoms with E-state index in [-0.39, 0.29) is 24.0 Å². The van der Waals surface area contributed by atoms with Crippen LogP contribution >= 0.6 is 0 Å². The molecule has 0 bridgehead atoms. The molecule has 7 heteroatoms. The molecule has 2 heterocycles. The molecule has 0 aliphatic carbocycles. The molecule has 1 atom stereocenters. The Morgan fingerprint density at radius 3 is 3.12 bits per heavy atom. The van der Waals surface area contributed by atoms with Crippen molar-refractivity contribution in [3.8, 4) is 0 Å². The van der Waals surface area contributed by atoms with Gasteiger partial charge in [-0.05, 0) is 12.3 Å². The third-order valence-corrected chi connectivity index (χ3v) is 2.73. The van der Waals surface area contributed by atoms with Crippen molar-refractivity contribution in [2.24, 2.45) is 5.92 Å². The molecule has 17 heavy (non-hydrogen) atoms. The average Bonchev–Trinajstić information content (AvgIpc) is 2.76. The van der Waals surface area contributed by atoms with Crippen LogP contribution in [0.25, 0.3) is 11.2 Å². The Kier molecular flexibility index (Phi) is 3.10. The first kappa shape index (κ1) is 11.6. The predicted octanol–water partition coefficient (Wildman–Crippen LogP) is -0.280. The summed E-state index contributed by atoms with van der Waals surface area (Å²) in [4.78, 5) is 22.7. The number of nitrogens with two attached hydrogens (primary N) is 1. The molecule has 0 saturated carbocycles. The molecule has 92 valence electrons. The van der Waals surface area contributed by atoms with Gasteiger partial charge in [-0.25, -0.2) is 4.98 Å². The molecule has 0 spiro atoms. The van der Waals surface area contributed by atoms with E-state index in [0.29, 0.717) is 24.1 Å². The lowest BCUT2D eigenvalue weighted by Gasteiger charge is -2.11. The summed E-state index contributed by atoms with van der Waals surface area (Å²) in [6, 6.07) is 0. The number of aliphatic hydroxyl groups excluding tert-OH is 1. The van der Waals surface area contributed by atoms with E-state index in [9.17, 15) is 4.79 Å². The van der Waals surface area contributed by atoms with Crippen molar-refractivity contribution in [3.63, 3.8) is 0 Å². The summed E-state index contributed by atoms with van der Waals surface area (Å²) in [6.45, 7) is 2.44. The Hall–Kier alpha value is -1.89. The summed E-state index contributed by atoms with van der Waals surface area (Å²) >= 11 is 0. The van der Waals surface area contributed by atoms with Gasteiger partial charge in [-0.1, -0.05) is 6.92 Å². The van der Waals surface area contributed by atoms with Crippen LogP contribution in [-0.4, -0.2) is 31.2 Å². The van der Waals surface area contributed by atoms with E-state index in [2.05, 4.69) is 15.0 Å². The second-order valence-corrected chi connectivity index (χ2v) is 4.10. The summed E-state index contributed by atoms with van der Waals surface area (Å²) < 4.78 is 1.40. The Bertz CT molecular complexity index is 574. The Morgan fingerprint density at radius 2 is 2.41 bits per heavy atom. The monoisotopic (exact) mass is 237 g/mol. The van der Waals surface area contributed by atoms with Crippen molar-refractivity contribution >= 4 is 17.1 Å². The lowest BCUT2D eigenvalue weighted by Crippen LogP contribution is -2.25. The largest absolute Gasteiger partial charge is 0.396 e. The van der Waals surface area contributed by atoms with E-state index >= 15 is 0 Å². The number of rotatable bonds is 4. The lowest BCUT2D eigenvalue weighted by atomic mass is 10.1. The van der Waals surface area contributed by atoms with E-state index in [1.807, 2.05) is 6.92 Å². The minimum absolute atomic E-state index is 0.0917. The van der Waals surface area contributed by atoms with Crippen LogP contribution < -0.4 is 11.3 Å². The van der Waals surface area contributed by atoms with Gasteiger partial charge in [0.25, 0.3) is 5.56 Å². The van der Waals surface area contributed by atoms with Gasteiger partial charge in [0, 0.05) is 13.2 Å². The van der Waals surface area contributed by atoms with Crippen molar-refractivity contribution in [3.05, 3.63) is 16.7 Å². The number of aromatic nitrogens is 4. The molecule has 0 saturated heterocycles. The van der Waals surface area contributed by atoms with Gasteiger partial charge in [-0.15, -0.1) is 0 Å². The molecule has 0 amide bonds. The van der Waals surface area contributed by atoms with Gasteiger partial charge in [0.05, 0.1) is 6.33 Å². The maximum absolute atomic E-state index is 12.0. The lowest BCUT2D eigenvalue weighted by molar-refractivity contribution is 0.225. The second kappa shape index (κ2) is 4.54. The quantitative estimate of drug-likeness (QED) is 0.677. The van der Waals surface area contributed by atoms with Gasteiger partial charge in [-0.3, -0.25) is 9.36 Å². The van der Waals surface area contributed by atoms with Crippen molar-refractivity contribution in [1.82, 2.24) is 19.5 Å². The number of nitrogens with one attached hydrogen (secondary N) is 1. The number of H-pyrrole nitrogens is 1. The molecule has 2 aromatic heterocycles. The number of aliphatic hydroxyl groups is 1. The smallest absolute Gasteiger partial charge is 0.280 e. The van der Waals surface area contributed by atoms with E-state index < -0.39 is 0 Å². The predicted molar refractivity (Wildman–Crippen MR) is 63.4 cm³/mol. The van der Waals surface area contributed by atoms with Crippen molar-refractivity contribution in [1.29, 1.82) is 0 Å². The molecule has 1 unspecified atom stereocenters. The molecule has 4 N–H and O–H groups in total. The van der Waals surface area contributed by atoms with Crippen LogP contribution in [0.2, 0.25) is 0 Å². The van der Waals surface area contributed by atoms with E-state index in [0.717, 1.165) is 0 Å². The molecule has 0 radical (unpaired) electrons. The zero-order chi connectivity index (χ0) is 12.4. The van der Waals surface area contributed by atoms with Crippen LogP contribution in [0.4, 0.5) is 5.95 Å². The van der Waals surface area contributed by atoms with Gasteiger partial charge in [-0.2, -0.15) is 4.98 Å². The standard InChI is InChI=1S/C10H15N5O2/c1-6(4-16)2-3-15-9(17)7-8(13-5-12-7)14-10(15)11/h5-6,16H,2-4H2,1H3,(H2,11,14)(H,12,13). The van der Waals surface area contributed by atoms with Gasteiger partial charge >= 0.3 is 0 Å². The van der Waals surface area contributed by atoms with Crippen molar-refractivity contribution in [2.75, 3.05) is 12.3 Å². The minimum Gasteiger partial charge on any atom is -0.396 e. The molecule has 0 aromatic carbocycles. The van der Waals surface area contributed by atoms with Gasteiger partial charge in [0.2, 0.25) is 5.95 Å². The normalized spacial score (nSPS) is 13.1. The van der Waals surface area contributed by atoms with Crippen LogP contribution in [0.5, 0.6) is 0 Å². The maximum atomic E-state index is 12.0. The zero-order valence-corrected chi connectivity index (χ0v) is 9.55. The highest BCUT2D eigenvalue weighted by atomic mass is 16.3. The third kappa shape index (κ3) is 2.14. The van der Waals surface area contributed by atoms with E-state index in [4.69, 9.17) is 10.8 Å². The van der Waals surface area contributed by atoms with E-state index in [1.165, 1.54) is 10.9 Å². The zero-order valence-electron chi connectivity index (χ0n) is 9.55. The van der Waals surface area contributed by atoms with Crippen LogP contribution in [-0.2, 0) is 6.54 Å². The number of hydrogen-bond donors (Lipinski definition) is 3. The van der Waals surface area contributed by atoms with Crippen LogP contribution in [0.15, 0.2) is 11.1 Å². The van der Waals surface area contributed by atoms with Crippen LogP contribution in [0.3, 0.4) is 0 Å². The number of anilines is 1. The van der Waals surface area contributed by atoms with Gasteiger partial charge in [0.1, 0.15) is 0 Å². The summed E-state index contributed by atoms with van der Waals surface area (Å²) in [5.74, 6) is 0.276. The molecular formula is C10H15N5O2. The molecule has 0 aliphatic heterocycles. The SMILES string of the molecule is CC(CO)CCn1c(N)nc2nc[nH]c2c1=O. The van der Waals surface area contributed by atoms with Crippen molar-refractivity contribution < 1.29 is 5.11 Å². The highest BCUT2D eigenvalue weighted by Crippen LogP contribution is 2.07. The molecular weight excluding hydrogens is 222 g/mol. The minimum atomic E-state index is -0.227. The van der Waals surface area contributed by atoms with Crippen molar-refractivity contribution in [2.45, 2.75) is 19.9 Å². The highest BCUT2D eigenvalue weighted by molar-refractivity contribution is 5.69. The number of nitrogens with zero attached hydrogens (tertiary/aromatic N) is 3. The fourth-order valence-electron chi connectivity index (χ4n) is 1.59. The first-order valence-corrected chi connectivity index (χ1v) is 5.43. The Balaban J connectivity index is 2.36. The number of fused-ring (bicyclic) bond motifs is 1. The van der Waals surface area contributed by atoms with Gasteiger partial charge < -0.3 is 15.8 Å². The first-order chi connectivity index (χ1) is 8.13. The fraction of sp³-hybridized carbons (Fsp3) is 0.500. The molecule has 2 aromatic rings. The van der Waals surface area contributed by atoms with Crippen LogP contribution in [0, 0.1) is 5.92 Å². The second-order valence-electron chi connectivity index (χ2n) is 4.10. The number of nitrogen functional groups attached to an aromatic ring is 1. The maximum Gasteiger partial charge on any atom is 0.280 e. The molecule has 2 rings (SSSR count). The fourth-order valence-corrected chi connectivity index (χ4v) is 1.59. The summed E-state index contributed by atoms with van der Waals surface area (Å²) in [5, 5.41) is 8.94. The first-order valence-electron chi connectivity index (χ1n) is 5.43. The summed E-state index contributed by atoms with van der Waals surface area (Å²) in [7, 11) is 0. The molecule has 0 fully saturated rings. The Labute approximate surface area is 97.3 Å². The van der Waals surface area contributed by atoms with Crippen LogP contribution in [0.1, 0.15) is 13.3 Å². The summed E-state index contributed by atoms with van der Waals surface area (Å²) in [5.41, 5.74) is 6.17.